The van der Waals surface area contributed by atoms with E-state index < -0.39 is 23.1 Å². The fourth-order valence-electron chi connectivity index (χ4n) is 3.56. The molecule has 194 valence electrons. The molecule has 6 heteroatoms. The summed E-state index contributed by atoms with van der Waals surface area (Å²) in [5.74, 6) is -0.101. The highest BCUT2D eigenvalue weighted by Gasteiger charge is 2.28. The largest absolute Gasteiger partial charge is 0.462 e. The molecule has 0 spiro atoms. The molecule has 6 nitrogen and oxygen atoms in total. The minimum Gasteiger partial charge on any atom is -0.462 e. The third kappa shape index (κ3) is 11.0. The molecular formula is C28H46O6. The second kappa shape index (κ2) is 14.5. The molecule has 0 aliphatic heterocycles. The summed E-state index contributed by atoms with van der Waals surface area (Å²) in [6.07, 6.45) is 6.12. The molecule has 0 saturated heterocycles. The summed E-state index contributed by atoms with van der Waals surface area (Å²) in [6, 6.07) is 6.37. The van der Waals surface area contributed by atoms with Crippen molar-refractivity contribution in [2.24, 2.45) is 11.8 Å². The Balaban J connectivity index is 2.54. The first-order valence-electron chi connectivity index (χ1n) is 12.8. The van der Waals surface area contributed by atoms with Crippen molar-refractivity contribution >= 4 is 11.9 Å². The first-order chi connectivity index (χ1) is 15.9. The van der Waals surface area contributed by atoms with E-state index >= 15 is 0 Å². The number of carbonyl (C=O) groups is 2. The highest BCUT2D eigenvalue weighted by Crippen LogP contribution is 2.27. The molecule has 0 aliphatic rings. The molecular weight excluding hydrogens is 432 g/mol. The molecule has 0 heterocycles. The highest BCUT2D eigenvalue weighted by atomic mass is 16.6. The van der Waals surface area contributed by atoms with Crippen molar-refractivity contribution in [3.05, 3.63) is 35.4 Å². The van der Waals surface area contributed by atoms with Gasteiger partial charge in [0.05, 0.1) is 23.3 Å². The molecule has 0 aromatic heterocycles. The Morgan fingerprint density at radius 1 is 0.853 bits per heavy atom. The zero-order chi connectivity index (χ0) is 25.8. The smallest absolute Gasteiger partial charge is 0.338 e. The van der Waals surface area contributed by atoms with Crippen LogP contribution in [0.4, 0.5) is 0 Å². The lowest BCUT2D eigenvalue weighted by Crippen LogP contribution is -2.31. The van der Waals surface area contributed by atoms with Crippen LogP contribution >= 0.6 is 0 Å². The number of aliphatic hydroxyl groups excluding tert-OH is 1. The van der Waals surface area contributed by atoms with Crippen molar-refractivity contribution in [1.82, 2.24) is 0 Å². The van der Waals surface area contributed by atoms with Gasteiger partial charge >= 0.3 is 11.9 Å². The van der Waals surface area contributed by atoms with Crippen LogP contribution in [-0.2, 0) is 9.47 Å². The number of aliphatic hydroxyl groups is 2. The molecule has 0 saturated carbocycles. The monoisotopic (exact) mass is 478 g/mol. The van der Waals surface area contributed by atoms with Gasteiger partial charge in [-0.25, -0.2) is 9.59 Å². The summed E-state index contributed by atoms with van der Waals surface area (Å²) in [7, 11) is 0. The fourth-order valence-corrected chi connectivity index (χ4v) is 3.56. The summed E-state index contributed by atoms with van der Waals surface area (Å²) in [6.45, 7) is 12.4. The zero-order valence-electron chi connectivity index (χ0n) is 22.1. The molecule has 2 N–H and O–H groups in total. The standard InChI is InChI=1S/C28H46O6/c1-7-27(5,32)17-13-22(4)16-20-33-25(30)23-9-11-24(12-10-23)26(31)34-28(6,8-2)18-14-21(3)15-19-29/h9-12,21-22,29,32H,7-8,13-20H2,1-6H3. The van der Waals surface area contributed by atoms with Crippen LogP contribution in [0.25, 0.3) is 0 Å². The number of benzene rings is 1. The van der Waals surface area contributed by atoms with Crippen molar-refractivity contribution in [3.63, 3.8) is 0 Å². The Morgan fingerprint density at radius 2 is 1.38 bits per heavy atom. The summed E-state index contributed by atoms with van der Waals surface area (Å²) in [5.41, 5.74) is -0.411. The number of hydrogen-bond donors (Lipinski definition) is 2. The predicted molar refractivity (Wildman–Crippen MR) is 135 cm³/mol. The lowest BCUT2D eigenvalue weighted by atomic mass is 9.91. The SMILES string of the molecule is CCC(C)(O)CCC(C)CCOC(=O)c1ccc(C(=O)OC(C)(CC)CCC(C)CCO)cc1. The summed E-state index contributed by atoms with van der Waals surface area (Å²) in [4.78, 5) is 25.0. The second-order valence-electron chi connectivity index (χ2n) is 10.3. The average molecular weight is 479 g/mol. The normalized spacial score (nSPS) is 16.7. The minimum atomic E-state index is -0.638. The van der Waals surface area contributed by atoms with E-state index in [1.807, 2.05) is 27.7 Å². The molecule has 0 fully saturated rings. The topological polar surface area (TPSA) is 93.1 Å². The van der Waals surface area contributed by atoms with Crippen molar-refractivity contribution < 1.29 is 29.3 Å². The van der Waals surface area contributed by atoms with Crippen LogP contribution in [0, 0.1) is 11.8 Å². The van der Waals surface area contributed by atoms with Gasteiger partial charge in [-0.05, 0) is 101 Å². The maximum Gasteiger partial charge on any atom is 0.338 e. The molecule has 0 bridgehead atoms. The molecule has 1 aromatic rings. The summed E-state index contributed by atoms with van der Waals surface area (Å²) < 4.78 is 11.2. The van der Waals surface area contributed by atoms with Crippen molar-refractivity contribution in [3.8, 4) is 0 Å². The van der Waals surface area contributed by atoms with Gasteiger partial charge < -0.3 is 19.7 Å². The Labute approximate surface area is 206 Å². The van der Waals surface area contributed by atoms with E-state index in [0.29, 0.717) is 36.0 Å². The number of hydrogen-bond acceptors (Lipinski definition) is 6. The van der Waals surface area contributed by atoms with Crippen LogP contribution in [0.1, 0.15) is 114 Å². The lowest BCUT2D eigenvalue weighted by molar-refractivity contribution is -0.0182. The first-order valence-corrected chi connectivity index (χ1v) is 12.8. The van der Waals surface area contributed by atoms with Crippen LogP contribution in [0.15, 0.2) is 24.3 Å². The van der Waals surface area contributed by atoms with Crippen molar-refractivity contribution in [2.75, 3.05) is 13.2 Å². The van der Waals surface area contributed by atoms with Crippen LogP contribution in [-0.4, -0.2) is 46.6 Å². The van der Waals surface area contributed by atoms with E-state index in [9.17, 15) is 14.7 Å². The zero-order valence-corrected chi connectivity index (χ0v) is 22.1. The van der Waals surface area contributed by atoms with E-state index in [0.717, 1.165) is 44.9 Å². The number of ether oxygens (including phenoxy) is 2. The van der Waals surface area contributed by atoms with Crippen LogP contribution in [0.5, 0.6) is 0 Å². The van der Waals surface area contributed by atoms with Gasteiger partial charge in [-0.2, -0.15) is 0 Å². The van der Waals surface area contributed by atoms with Gasteiger partial charge in [0.2, 0.25) is 0 Å². The molecule has 0 radical (unpaired) electrons. The van der Waals surface area contributed by atoms with Crippen LogP contribution in [0.3, 0.4) is 0 Å². The van der Waals surface area contributed by atoms with Crippen molar-refractivity contribution in [1.29, 1.82) is 0 Å². The van der Waals surface area contributed by atoms with E-state index in [1.165, 1.54) is 0 Å². The average Bonchev–Trinajstić information content (AvgIpc) is 2.81. The second-order valence-corrected chi connectivity index (χ2v) is 10.3. The molecule has 0 aliphatic carbocycles. The van der Waals surface area contributed by atoms with E-state index in [-0.39, 0.29) is 6.61 Å². The molecule has 34 heavy (non-hydrogen) atoms. The van der Waals surface area contributed by atoms with Gasteiger partial charge in [0, 0.05) is 6.61 Å². The van der Waals surface area contributed by atoms with Crippen LogP contribution < -0.4 is 0 Å². The number of esters is 2. The number of rotatable bonds is 16. The Morgan fingerprint density at radius 3 is 1.91 bits per heavy atom. The lowest BCUT2D eigenvalue weighted by Gasteiger charge is -2.29. The van der Waals surface area contributed by atoms with Gasteiger partial charge in [0.25, 0.3) is 0 Å². The van der Waals surface area contributed by atoms with Gasteiger partial charge in [-0.3, -0.25) is 0 Å². The third-order valence-corrected chi connectivity index (χ3v) is 7.01. The molecule has 4 unspecified atom stereocenters. The minimum absolute atomic E-state index is 0.166. The quantitative estimate of drug-likeness (QED) is 0.286. The molecule has 1 aromatic carbocycles. The Hall–Kier alpha value is -1.92. The van der Waals surface area contributed by atoms with Crippen LogP contribution in [0.2, 0.25) is 0 Å². The Bertz CT molecular complexity index is 742. The highest BCUT2D eigenvalue weighted by molar-refractivity contribution is 5.93. The van der Waals surface area contributed by atoms with Gasteiger partial charge in [0.1, 0.15) is 5.60 Å². The maximum absolute atomic E-state index is 12.7. The van der Waals surface area contributed by atoms with Crippen molar-refractivity contribution in [2.45, 2.75) is 104 Å². The van der Waals surface area contributed by atoms with E-state index in [1.54, 1.807) is 24.3 Å². The summed E-state index contributed by atoms with van der Waals surface area (Å²) in [5, 5.41) is 19.2. The molecule has 1 rings (SSSR count). The fraction of sp³-hybridized carbons (Fsp3) is 0.714. The predicted octanol–water partition coefficient (Wildman–Crippen LogP) is 5.94. The van der Waals surface area contributed by atoms with Gasteiger partial charge in [-0.1, -0.05) is 27.7 Å². The van der Waals surface area contributed by atoms with Gasteiger partial charge in [0.15, 0.2) is 0 Å². The third-order valence-electron chi connectivity index (χ3n) is 7.01. The van der Waals surface area contributed by atoms with E-state index in [2.05, 4.69) is 13.8 Å². The molecule has 0 amide bonds. The van der Waals surface area contributed by atoms with Gasteiger partial charge in [-0.15, -0.1) is 0 Å². The van der Waals surface area contributed by atoms with E-state index in [4.69, 9.17) is 14.6 Å². The first kappa shape index (κ1) is 30.1. The maximum atomic E-state index is 12.7. The molecule has 4 atom stereocenters. The number of carbonyl (C=O) groups excluding carboxylic acids is 2. The Kier molecular flexibility index (Phi) is 12.8. The summed E-state index contributed by atoms with van der Waals surface area (Å²) >= 11 is 0.